The Morgan fingerprint density at radius 1 is 1.32 bits per heavy atom. The van der Waals surface area contributed by atoms with Gasteiger partial charge in [-0.3, -0.25) is 0 Å². The van der Waals surface area contributed by atoms with E-state index in [1.807, 2.05) is 13.8 Å². The topological polar surface area (TPSA) is 55.3 Å². The number of rotatable bonds is 4. The maximum absolute atomic E-state index is 12.4. The number of carbonyl (C=O) groups excluding carboxylic acids is 1. The van der Waals surface area contributed by atoms with Crippen LogP contribution in [-0.4, -0.2) is 34.6 Å². The molecule has 1 saturated heterocycles. The molecule has 2 aromatic heterocycles. The van der Waals surface area contributed by atoms with E-state index in [2.05, 4.69) is 28.7 Å². The van der Waals surface area contributed by atoms with Gasteiger partial charge in [-0.15, -0.1) is 11.3 Å². The lowest BCUT2D eigenvalue weighted by Gasteiger charge is -2.40. The van der Waals surface area contributed by atoms with Crippen molar-refractivity contribution in [2.45, 2.75) is 65.5 Å². The highest BCUT2D eigenvalue weighted by molar-refractivity contribution is 7.20. The summed E-state index contributed by atoms with van der Waals surface area (Å²) in [5.41, 5.74) is 0.887. The van der Waals surface area contributed by atoms with Crippen molar-refractivity contribution in [3.05, 3.63) is 15.7 Å². The van der Waals surface area contributed by atoms with Crippen LogP contribution in [0.1, 0.15) is 61.7 Å². The van der Waals surface area contributed by atoms with Crippen LogP contribution in [0.2, 0.25) is 5.28 Å². The highest BCUT2D eigenvalue weighted by atomic mass is 35.5. The first-order chi connectivity index (χ1) is 11.9. The Bertz CT molecular complexity index is 782. The average Bonchev–Trinajstić information content (AvgIpc) is 2.89. The fourth-order valence-corrected chi connectivity index (χ4v) is 4.86. The fourth-order valence-electron chi connectivity index (χ4n) is 3.57. The van der Waals surface area contributed by atoms with Gasteiger partial charge in [0.1, 0.15) is 15.5 Å². The molecule has 7 heteroatoms. The Kier molecular flexibility index (Phi) is 5.49. The van der Waals surface area contributed by atoms with Crippen LogP contribution in [0.15, 0.2) is 0 Å². The lowest BCUT2D eigenvalue weighted by atomic mass is 9.97. The SMILES string of the molecule is CCCOC(=O)c1sc2nc(Cl)nc(N3C(C)CCCC3C)c2c1C. The molecule has 136 valence electrons. The largest absolute Gasteiger partial charge is 0.462 e. The molecule has 3 heterocycles. The maximum Gasteiger partial charge on any atom is 0.348 e. The van der Waals surface area contributed by atoms with Gasteiger partial charge in [-0.2, -0.15) is 4.98 Å². The average molecular weight is 382 g/mol. The van der Waals surface area contributed by atoms with E-state index in [4.69, 9.17) is 16.3 Å². The van der Waals surface area contributed by atoms with Gasteiger partial charge in [0.2, 0.25) is 5.28 Å². The molecule has 0 N–H and O–H groups in total. The highest BCUT2D eigenvalue weighted by Crippen LogP contribution is 2.39. The van der Waals surface area contributed by atoms with Gasteiger partial charge in [0.25, 0.3) is 0 Å². The number of carbonyl (C=O) groups is 1. The Hall–Kier alpha value is -1.40. The van der Waals surface area contributed by atoms with Crippen molar-refractivity contribution in [3.8, 4) is 0 Å². The second kappa shape index (κ2) is 7.46. The molecule has 5 nitrogen and oxygen atoms in total. The van der Waals surface area contributed by atoms with Gasteiger partial charge in [0.15, 0.2) is 0 Å². The van der Waals surface area contributed by atoms with Crippen molar-refractivity contribution in [1.82, 2.24) is 9.97 Å². The summed E-state index contributed by atoms with van der Waals surface area (Å²) in [5, 5.41) is 1.15. The van der Waals surface area contributed by atoms with Crippen LogP contribution in [0.25, 0.3) is 10.2 Å². The smallest absolute Gasteiger partial charge is 0.348 e. The fraction of sp³-hybridized carbons (Fsp3) is 0.611. The first kappa shape index (κ1) is 18.4. The number of ether oxygens (including phenoxy) is 1. The second-order valence-corrected chi connectivity index (χ2v) is 8.06. The molecule has 0 bridgehead atoms. The molecule has 0 saturated carbocycles. The van der Waals surface area contributed by atoms with Crippen LogP contribution in [0.5, 0.6) is 0 Å². The lowest BCUT2D eigenvalue weighted by Crippen LogP contribution is -2.44. The van der Waals surface area contributed by atoms with E-state index >= 15 is 0 Å². The lowest BCUT2D eigenvalue weighted by molar-refractivity contribution is 0.0510. The molecule has 0 aliphatic carbocycles. The van der Waals surface area contributed by atoms with E-state index in [1.54, 1.807) is 0 Å². The van der Waals surface area contributed by atoms with Gasteiger partial charge in [-0.05, 0) is 63.6 Å². The van der Waals surface area contributed by atoms with Gasteiger partial charge < -0.3 is 9.64 Å². The van der Waals surface area contributed by atoms with Gasteiger partial charge >= 0.3 is 5.97 Å². The zero-order valence-electron chi connectivity index (χ0n) is 15.1. The third kappa shape index (κ3) is 3.47. The number of esters is 1. The zero-order valence-corrected chi connectivity index (χ0v) is 16.7. The van der Waals surface area contributed by atoms with Gasteiger partial charge in [-0.25, -0.2) is 9.78 Å². The molecule has 2 aromatic rings. The summed E-state index contributed by atoms with van der Waals surface area (Å²) in [6, 6.07) is 0.764. The van der Waals surface area contributed by atoms with Gasteiger partial charge in [-0.1, -0.05) is 6.92 Å². The Morgan fingerprint density at radius 3 is 2.64 bits per heavy atom. The van der Waals surface area contributed by atoms with E-state index < -0.39 is 0 Å². The molecule has 0 radical (unpaired) electrons. The van der Waals surface area contributed by atoms with Crippen molar-refractivity contribution in [3.63, 3.8) is 0 Å². The van der Waals surface area contributed by atoms with Crippen LogP contribution in [0.3, 0.4) is 0 Å². The Morgan fingerprint density at radius 2 is 2.00 bits per heavy atom. The van der Waals surface area contributed by atoms with E-state index in [0.29, 0.717) is 23.6 Å². The molecular weight excluding hydrogens is 358 g/mol. The molecule has 0 amide bonds. The normalized spacial score (nSPS) is 20.9. The molecule has 25 heavy (non-hydrogen) atoms. The first-order valence-corrected chi connectivity index (χ1v) is 10.1. The number of halogens is 1. The van der Waals surface area contributed by atoms with Crippen LogP contribution in [0.4, 0.5) is 5.82 Å². The summed E-state index contributed by atoms with van der Waals surface area (Å²) in [6.45, 7) is 8.78. The first-order valence-electron chi connectivity index (χ1n) is 8.86. The van der Waals surface area contributed by atoms with Crippen molar-refractivity contribution >= 4 is 44.9 Å². The number of nitrogens with zero attached hydrogens (tertiary/aromatic N) is 3. The predicted molar refractivity (Wildman–Crippen MR) is 103 cm³/mol. The van der Waals surface area contributed by atoms with Crippen LogP contribution in [-0.2, 0) is 4.74 Å². The second-order valence-electron chi connectivity index (χ2n) is 6.72. The Balaban J connectivity index is 2.12. The van der Waals surface area contributed by atoms with E-state index in [9.17, 15) is 4.79 Å². The van der Waals surface area contributed by atoms with Gasteiger partial charge in [0.05, 0.1) is 12.0 Å². The minimum Gasteiger partial charge on any atom is -0.462 e. The van der Waals surface area contributed by atoms with Crippen LogP contribution < -0.4 is 4.90 Å². The summed E-state index contributed by atoms with van der Waals surface area (Å²) in [4.78, 5) is 25.0. The molecule has 0 spiro atoms. The molecule has 2 unspecified atom stereocenters. The quantitative estimate of drug-likeness (QED) is 0.551. The van der Waals surface area contributed by atoms with Crippen molar-refractivity contribution in [1.29, 1.82) is 0 Å². The van der Waals surface area contributed by atoms with E-state index in [1.165, 1.54) is 17.8 Å². The maximum atomic E-state index is 12.4. The number of hydrogen-bond acceptors (Lipinski definition) is 6. The number of hydrogen-bond donors (Lipinski definition) is 0. The van der Waals surface area contributed by atoms with Crippen molar-refractivity contribution < 1.29 is 9.53 Å². The highest BCUT2D eigenvalue weighted by Gasteiger charge is 2.30. The molecule has 3 rings (SSSR count). The van der Waals surface area contributed by atoms with Crippen LogP contribution in [0, 0.1) is 6.92 Å². The number of anilines is 1. The standard InChI is InChI=1S/C18H24ClN3O2S/c1-5-9-24-17(23)14-12(4)13-15(20-18(19)21-16(13)25-14)22-10(2)7-6-8-11(22)3/h10-11H,5-9H2,1-4H3. The Labute approximate surface area is 157 Å². The summed E-state index contributed by atoms with van der Waals surface area (Å²) in [5.74, 6) is 0.558. The monoisotopic (exact) mass is 381 g/mol. The molecule has 0 aromatic carbocycles. The van der Waals surface area contributed by atoms with Crippen molar-refractivity contribution in [2.75, 3.05) is 11.5 Å². The van der Waals surface area contributed by atoms with Gasteiger partial charge in [0, 0.05) is 12.1 Å². The van der Waals surface area contributed by atoms with E-state index in [0.717, 1.165) is 40.9 Å². The number of fused-ring (bicyclic) bond motifs is 1. The third-order valence-corrected chi connectivity index (χ3v) is 6.14. The van der Waals surface area contributed by atoms with Crippen LogP contribution >= 0.6 is 22.9 Å². The minimum atomic E-state index is -0.288. The molecule has 1 aliphatic rings. The number of thiophene rings is 1. The summed E-state index contributed by atoms with van der Waals surface area (Å²) < 4.78 is 5.32. The number of aromatic nitrogens is 2. The number of aryl methyl sites for hydroxylation is 1. The summed E-state index contributed by atoms with van der Waals surface area (Å²) in [6.07, 6.45) is 4.28. The van der Waals surface area contributed by atoms with E-state index in [-0.39, 0.29) is 11.3 Å². The summed E-state index contributed by atoms with van der Waals surface area (Å²) >= 11 is 7.55. The summed E-state index contributed by atoms with van der Waals surface area (Å²) in [7, 11) is 0. The third-order valence-electron chi connectivity index (χ3n) is 4.80. The molecule has 2 atom stereocenters. The van der Waals surface area contributed by atoms with Crippen molar-refractivity contribution in [2.24, 2.45) is 0 Å². The number of piperidine rings is 1. The molecule has 1 aliphatic heterocycles. The molecule has 1 fully saturated rings. The molecular formula is C18H24ClN3O2S. The zero-order chi connectivity index (χ0) is 18.1. The minimum absolute atomic E-state index is 0.224. The predicted octanol–water partition coefficient (Wildman–Crippen LogP) is 4.99.